The zero-order valence-electron chi connectivity index (χ0n) is 24.6. The van der Waals surface area contributed by atoms with E-state index in [1.54, 1.807) is 0 Å². The minimum absolute atomic E-state index is 0.0389. The first-order chi connectivity index (χ1) is 17.7. The van der Waals surface area contributed by atoms with E-state index in [0.717, 1.165) is 19.3 Å². The topological polar surface area (TPSA) is 44.8 Å². The molecule has 3 aromatic rings. The van der Waals surface area contributed by atoms with Gasteiger partial charge in [-0.25, -0.2) is 0 Å². The van der Waals surface area contributed by atoms with E-state index in [4.69, 9.17) is 13.6 Å². The van der Waals surface area contributed by atoms with Crippen LogP contribution in [0.2, 0.25) is 0 Å². The molecule has 0 aliphatic rings. The van der Waals surface area contributed by atoms with Gasteiger partial charge in [0.2, 0.25) is 0 Å². The Labute approximate surface area is 230 Å². The van der Waals surface area contributed by atoms with Gasteiger partial charge in [0.1, 0.15) is 17.2 Å². The maximum Gasteiger partial charge on any atom is 0.647 e. The summed E-state index contributed by atoms with van der Waals surface area (Å²) in [4.78, 5) is 0. The van der Waals surface area contributed by atoms with Crippen molar-refractivity contribution in [1.82, 2.24) is 0 Å². The molecule has 38 heavy (non-hydrogen) atoms. The fourth-order valence-electron chi connectivity index (χ4n) is 3.96. The smallest absolute Gasteiger partial charge is 0.386 e. The lowest BCUT2D eigenvalue weighted by molar-refractivity contribution is 0.298. The summed E-state index contributed by atoms with van der Waals surface area (Å²) in [5, 5.41) is 0. The summed E-state index contributed by atoms with van der Waals surface area (Å²) < 4.78 is 31.9. The highest BCUT2D eigenvalue weighted by Crippen LogP contribution is 2.50. The average molecular weight is 537 g/mol. The van der Waals surface area contributed by atoms with Crippen LogP contribution in [0.25, 0.3) is 0 Å². The van der Waals surface area contributed by atoms with Crippen molar-refractivity contribution in [2.24, 2.45) is 0 Å². The van der Waals surface area contributed by atoms with E-state index in [1.807, 2.05) is 72.8 Å². The van der Waals surface area contributed by atoms with Crippen LogP contribution in [-0.4, -0.2) is 0 Å². The van der Waals surface area contributed by atoms with E-state index >= 15 is 0 Å². The molecule has 3 rings (SSSR count). The number of hydrogen-bond acceptors (Lipinski definition) is 4. The van der Waals surface area contributed by atoms with Crippen molar-refractivity contribution in [3.05, 3.63) is 89.5 Å². The van der Waals surface area contributed by atoms with Gasteiger partial charge in [-0.3, -0.25) is 0 Å². The van der Waals surface area contributed by atoms with Crippen LogP contribution in [0.1, 0.15) is 98.3 Å². The highest BCUT2D eigenvalue weighted by molar-refractivity contribution is 7.49. The second kappa shape index (κ2) is 11.6. The molecule has 4 nitrogen and oxygen atoms in total. The molecule has 0 radical (unpaired) electrons. The van der Waals surface area contributed by atoms with Gasteiger partial charge in [-0.05, 0) is 88.6 Å². The molecule has 0 unspecified atom stereocenters. The predicted molar refractivity (Wildman–Crippen MR) is 159 cm³/mol. The molecule has 0 atom stereocenters. The maximum absolute atomic E-state index is 14.1. The van der Waals surface area contributed by atoms with E-state index < -0.39 is 7.82 Å². The van der Waals surface area contributed by atoms with Crippen molar-refractivity contribution in [2.45, 2.75) is 97.8 Å². The van der Waals surface area contributed by atoms with E-state index in [9.17, 15) is 4.57 Å². The monoisotopic (exact) mass is 536 g/mol. The van der Waals surface area contributed by atoms with Gasteiger partial charge in [-0.15, -0.1) is 0 Å². The summed E-state index contributed by atoms with van der Waals surface area (Å²) in [6.45, 7) is 19.7. The second-order valence-corrected chi connectivity index (χ2v) is 13.4. The summed E-state index contributed by atoms with van der Waals surface area (Å²) in [5.74, 6) is 1.28. The molecular formula is C33H45O4P. The summed E-state index contributed by atoms with van der Waals surface area (Å²) in [7, 11) is -4.07. The number of phosphoric acid groups is 1. The highest BCUT2D eigenvalue weighted by Gasteiger charge is 2.34. The molecule has 0 aromatic heterocycles. The van der Waals surface area contributed by atoms with Crippen LogP contribution < -0.4 is 13.6 Å². The van der Waals surface area contributed by atoms with Crippen LogP contribution in [0, 0.1) is 0 Å². The van der Waals surface area contributed by atoms with Crippen LogP contribution in [-0.2, 0) is 20.8 Å². The van der Waals surface area contributed by atoms with Crippen LogP contribution in [0.5, 0.6) is 17.2 Å². The molecular weight excluding hydrogens is 491 g/mol. The largest absolute Gasteiger partial charge is 0.647 e. The molecule has 0 amide bonds. The normalized spacial score (nSPS) is 12.8. The first kappa shape index (κ1) is 29.8. The predicted octanol–water partition coefficient (Wildman–Crippen LogP) is 10.4. The Morgan fingerprint density at radius 2 is 0.684 bits per heavy atom. The Morgan fingerprint density at radius 1 is 0.474 bits per heavy atom. The molecule has 0 aliphatic carbocycles. The van der Waals surface area contributed by atoms with Crippen molar-refractivity contribution in [3.63, 3.8) is 0 Å². The average Bonchev–Trinajstić information content (AvgIpc) is 2.89. The maximum atomic E-state index is 14.1. The van der Waals surface area contributed by atoms with E-state index in [2.05, 4.69) is 62.3 Å². The summed E-state index contributed by atoms with van der Waals surface area (Å²) in [6.07, 6.45) is 3.02. The molecule has 206 valence electrons. The third-order valence-electron chi connectivity index (χ3n) is 8.21. The lowest BCUT2D eigenvalue weighted by Crippen LogP contribution is -2.15. The van der Waals surface area contributed by atoms with Gasteiger partial charge in [0.15, 0.2) is 0 Å². The first-order valence-corrected chi connectivity index (χ1v) is 15.2. The molecule has 0 aliphatic heterocycles. The zero-order chi connectivity index (χ0) is 28.2. The standard InChI is InChI=1S/C33H45O4P/c1-10-31(4,5)25-13-19-28(20-14-25)35-38(34,36-29-21-15-26(16-22-29)32(6,7)11-2)37-30-23-17-27(18-24-30)33(8,9)12-3/h13-24H,10-12H2,1-9H3. The molecule has 0 bridgehead atoms. The van der Waals surface area contributed by atoms with Gasteiger partial charge < -0.3 is 13.6 Å². The summed E-state index contributed by atoms with van der Waals surface area (Å²) >= 11 is 0. The van der Waals surface area contributed by atoms with Gasteiger partial charge in [-0.1, -0.05) is 98.7 Å². The van der Waals surface area contributed by atoms with E-state index in [-0.39, 0.29) is 16.2 Å². The minimum atomic E-state index is -4.07. The quantitative estimate of drug-likeness (QED) is 0.216. The molecule has 0 fully saturated rings. The third kappa shape index (κ3) is 7.23. The molecule has 5 heteroatoms. The van der Waals surface area contributed by atoms with E-state index in [0.29, 0.717) is 17.2 Å². The Balaban J connectivity index is 1.91. The first-order valence-electron chi connectivity index (χ1n) is 13.7. The van der Waals surface area contributed by atoms with Crippen LogP contribution >= 0.6 is 7.82 Å². The van der Waals surface area contributed by atoms with Crippen LogP contribution in [0.3, 0.4) is 0 Å². The molecule has 0 saturated heterocycles. The Morgan fingerprint density at radius 3 is 0.868 bits per heavy atom. The van der Waals surface area contributed by atoms with Crippen molar-refractivity contribution in [1.29, 1.82) is 0 Å². The molecule has 0 spiro atoms. The Bertz CT molecular complexity index is 1070. The van der Waals surface area contributed by atoms with Gasteiger partial charge in [0.05, 0.1) is 0 Å². The third-order valence-corrected chi connectivity index (χ3v) is 9.51. The number of rotatable bonds is 12. The van der Waals surface area contributed by atoms with Crippen molar-refractivity contribution >= 4 is 7.82 Å². The summed E-state index contributed by atoms with van der Waals surface area (Å²) in [5.41, 5.74) is 3.68. The van der Waals surface area contributed by atoms with Gasteiger partial charge in [-0.2, -0.15) is 4.57 Å². The molecule has 0 saturated carbocycles. The van der Waals surface area contributed by atoms with Crippen LogP contribution in [0.4, 0.5) is 0 Å². The lowest BCUT2D eigenvalue weighted by atomic mass is 9.82. The number of hydrogen-bond donors (Lipinski definition) is 0. The van der Waals surface area contributed by atoms with Crippen molar-refractivity contribution in [3.8, 4) is 17.2 Å². The molecule has 3 aromatic carbocycles. The lowest BCUT2D eigenvalue weighted by Gasteiger charge is -2.25. The van der Waals surface area contributed by atoms with Gasteiger partial charge >= 0.3 is 7.82 Å². The molecule has 0 heterocycles. The van der Waals surface area contributed by atoms with Crippen LogP contribution in [0.15, 0.2) is 72.8 Å². The minimum Gasteiger partial charge on any atom is -0.386 e. The van der Waals surface area contributed by atoms with E-state index in [1.165, 1.54) is 16.7 Å². The van der Waals surface area contributed by atoms with Gasteiger partial charge in [0, 0.05) is 0 Å². The summed E-state index contributed by atoms with van der Waals surface area (Å²) in [6, 6.07) is 23.0. The Hall–Kier alpha value is -2.71. The Kier molecular flexibility index (Phi) is 9.09. The number of phosphoric ester groups is 1. The second-order valence-electron chi connectivity index (χ2n) is 12.0. The fraction of sp³-hybridized carbons (Fsp3) is 0.455. The molecule has 0 N–H and O–H groups in total. The number of benzene rings is 3. The van der Waals surface area contributed by atoms with Gasteiger partial charge in [0.25, 0.3) is 0 Å². The van der Waals surface area contributed by atoms with Crippen molar-refractivity contribution < 1.29 is 18.1 Å². The fourth-order valence-corrected chi connectivity index (χ4v) is 5.21. The van der Waals surface area contributed by atoms with Crippen molar-refractivity contribution in [2.75, 3.05) is 0 Å². The SMILES string of the molecule is CCC(C)(C)c1ccc(OP(=O)(Oc2ccc(C(C)(C)CC)cc2)Oc2ccc(C(C)(C)CC)cc2)cc1. The zero-order valence-corrected chi connectivity index (χ0v) is 25.5. The highest BCUT2D eigenvalue weighted by atomic mass is 31.2.